The summed E-state index contributed by atoms with van der Waals surface area (Å²) in [4.78, 5) is 11.3. The van der Waals surface area contributed by atoms with Gasteiger partial charge in [0.2, 0.25) is 15.9 Å². The molecule has 1 unspecified atom stereocenters. The summed E-state index contributed by atoms with van der Waals surface area (Å²) in [6, 6.07) is 3.03. The standard InChI is InChI=1S/C11H13BrN2O4S/c1-6(15)5-13-19(17,18)10-2-7-3-11(16)14-9(7)4-8(10)12/h2,4,6,13,15H,3,5H2,1H3,(H,14,16). The molecule has 19 heavy (non-hydrogen) atoms. The molecule has 0 saturated heterocycles. The van der Waals surface area contributed by atoms with E-state index in [0.717, 1.165) is 0 Å². The number of anilines is 1. The summed E-state index contributed by atoms with van der Waals surface area (Å²) >= 11 is 3.18. The zero-order chi connectivity index (χ0) is 14.2. The predicted molar refractivity (Wildman–Crippen MR) is 73.3 cm³/mol. The van der Waals surface area contributed by atoms with Crippen LogP contribution in [0.3, 0.4) is 0 Å². The minimum absolute atomic E-state index is 0.0587. The third-order valence-electron chi connectivity index (χ3n) is 2.64. The first-order valence-electron chi connectivity index (χ1n) is 5.59. The fourth-order valence-corrected chi connectivity index (χ4v) is 3.95. The van der Waals surface area contributed by atoms with Crippen LogP contribution in [0.25, 0.3) is 0 Å². The van der Waals surface area contributed by atoms with Gasteiger partial charge < -0.3 is 10.4 Å². The summed E-state index contributed by atoms with van der Waals surface area (Å²) in [5.41, 5.74) is 1.26. The number of carbonyl (C=O) groups is 1. The smallest absolute Gasteiger partial charge is 0.241 e. The van der Waals surface area contributed by atoms with Crippen LogP contribution in [0.1, 0.15) is 12.5 Å². The molecule has 1 heterocycles. The van der Waals surface area contributed by atoms with Crippen molar-refractivity contribution in [2.75, 3.05) is 11.9 Å². The van der Waals surface area contributed by atoms with Gasteiger partial charge in [-0.3, -0.25) is 4.79 Å². The zero-order valence-corrected chi connectivity index (χ0v) is 12.5. The van der Waals surface area contributed by atoms with Crippen molar-refractivity contribution in [1.82, 2.24) is 4.72 Å². The molecule has 1 atom stereocenters. The molecule has 104 valence electrons. The average molecular weight is 349 g/mol. The Kier molecular flexibility index (Phi) is 3.95. The summed E-state index contributed by atoms with van der Waals surface area (Å²) in [6.07, 6.45) is -0.604. The van der Waals surface area contributed by atoms with Crippen molar-refractivity contribution < 1.29 is 18.3 Å². The molecule has 0 aromatic heterocycles. The van der Waals surface area contributed by atoms with Crippen molar-refractivity contribution in [1.29, 1.82) is 0 Å². The lowest BCUT2D eigenvalue weighted by molar-refractivity contribution is -0.115. The lowest BCUT2D eigenvalue weighted by atomic mass is 10.2. The monoisotopic (exact) mass is 348 g/mol. The Labute approximate surface area is 119 Å². The normalized spacial score (nSPS) is 16.1. The third kappa shape index (κ3) is 3.14. The summed E-state index contributed by atoms with van der Waals surface area (Å²) in [5, 5.41) is 11.8. The Morgan fingerprint density at radius 1 is 1.53 bits per heavy atom. The van der Waals surface area contributed by atoms with Crippen molar-refractivity contribution in [3.05, 3.63) is 22.2 Å². The summed E-state index contributed by atoms with van der Waals surface area (Å²) in [7, 11) is -3.72. The van der Waals surface area contributed by atoms with E-state index in [2.05, 4.69) is 26.0 Å². The number of hydrogen-bond acceptors (Lipinski definition) is 4. The van der Waals surface area contributed by atoms with E-state index in [9.17, 15) is 13.2 Å². The number of aliphatic hydroxyl groups is 1. The highest BCUT2D eigenvalue weighted by atomic mass is 79.9. The van der Waals surface area contributed by atoms with Gasteiger partial charge in [0.15, 0.2) is 0 Å². The Morgan fingerprint density at radius 3 is 2.84 bits per heavy atom. The second-order valence-corrected chi connectivity index (χ2v) is 6.96. The Morgan fingerprint density at radius 2 is 2.21 bits per heavy atom. The van der Waals surface area contributed by atoms with Crippen LogP contribution in [-0.4, -0.2) is 32.1 Å². The minimum atomic E-state index is -3.72. The van der Waals surface area contributed by atoms with Crippen LogP contribution in [0.2, 0.25) is 0 Å². The highest BCUT2D eigenvalue weighted by Gasteiger charge is 2.24. The number of benzene rings is 1. The Hall–Kier alpha value is -0.960. The summed E-state index contributed by atoms with van der Waals surface area (Å²) in [6.45, 7) is 1.42. The van der Waals surface area contributed by atoms with E-state index >= 15 is 0 Å². The molecule has 1 aliphatic heterocycles. The van der Waals surface area contributed by atoms with Gasteiger partial charge in [0, 0.05) is 16.7 Å². The second kappa shape index (κ2) is 5.20. The topological polar surface area (TPSA) is 95.5 Å². The number of sulfonamides is 1. The number of aliphatic hydroxyl groups excluding tert-OH is 1. The second-order valence-electron chi connectivity index (χ2n) is 4.37. The molecule has 0 fully saturated rings. The predicted octanol–water partition coefficient (Wildman–Crippen LogP) is 0.603. The van der Waals surface area contributed by atoms with Crippen LogP contribution in [-0.2, 0) is 21.2 Å². The van der Waals surface area contributed by atoms with Crippen LogP contribution in [0.4, 0.5) is 5.69 Å². The molecule has 2 rings (SSSR count). The van der Waals surface area contributed by atoms with Crippen molar-refractivity contribution in [3.63, 3.8) is 0 Å². The van der Waals surface area contributed by atoms with Gasteiger partial charge in [-0.2, -0.15) is 0 Å². The van der Waals surface area contributed by atoms with Crippen LogP contribution in [0.15, 0.2) is 21.5 Å². The fraction of sp³-hybridized carbons (Fsp3) is 0.364. The van der Waals surface area contributed by atoms with Gasteiger partial charge in [0.25, 0.3) is 0 Å². The van der Waals surface area contributed by atoms with Gasteiger partial charge in [0.05, 0.1) is 17.4 Å². The third-order valence-corrected chi connectivity index (χ3v) is 5.02. The number of halogens is 1. The quantitative estimate of drug-likeness (QED) is 0.742. The molecule has 6 nitrogen and oxygen atoms in total. The van der Waals surface area contributed by atoms with Crippen molar-refractivity contribution in [2.24, 2.45) is 0 Å². The highest BCUT2D eigenvalue weighted by Crippen LogP contribution is 2.32. The molecule has 1 amide bonds. The number of carbonyl (C=O) groups excluding carboxylic acids is 1. The molecular weight excluding hydrogens is 336 g/mol. The molecule has 0 radical (unpaired) electrons. The van der Waals surface area contributed by atoms with E-state index in [4.69, 9.17) is 5.11 Å². The molecule has 1 aromatic carbocycles. The van der Waals surface area contributed by atoms with E-state index in [1.165, 1.54) is 13.0 Å². The number of nitrogens with one attached hydrogen (secondary N) is 2. The van der Waals surface area contributed by atoms with E-state index < -0.39 is 16.1 Å². The maximum atomic E-state index is 12.1. The van der Waals surface area contributed by atoms with Gasteiger partial charge in [-0.15, -0.1) is 0 Å². The van der Waals surface area contributed by atoms with Crippen molar-refractivity contribution in [2.45, 2.75) is 24.3 Å². The van der Waals surface area contributed by atoms with Gasteiger partial charge in [-0.25, -0.2) is 13.1 Å². The van der Waals surface area contributed by atoms with E-state index in [0.29, 0.717) is 15.7 Å². The SMILES string of the molecule is CC(O)CNS(=O)(=O)c1cc2c(cc1Br)NC(=O)C2. The van der Waals surface area contributed by atoms with Crippen molar-refractivity contribution in [3.8, 4) is 0 Å². The molecular formula is C11H13BrN2O4S. The first kappa shape index (κ1) is 14.4. The Bertz CT molecular complexity index is 628. The van der Waals surface area contributed by atoms with Crippen LogP contribution >= 0.6 is 15.9 Å². The van der Waals surface area contributed by atoms with Gasteiger partial charge in [0.1, 0.15) is 0 Å². The summed E-state index contributed by atoms with van der Waals surface area (Å²) in [5.74, 6) is -0.159. The molecule has 0 aliphatic carbocycles. The van der Waals surface area contributed by atoms with Gasteiger partial charge in [-0.05, 0) is 40.5 Å². The minimum Gasteiger partial charge on any atom is -0.392 e. The number of amides is 1. The lowest BCUT2D eigenvalue weighted by Crippen LogP contribution is -2.30. The average Bonchev–Trinajstić information content (AvgIpc) is 2.64. The van der Waals surface area contributed by atoms with E-state index in [1.54, 1.807) is 6.07 Å². The molecule has 0 saturated carbocycles. The molecule has 1 aliphatic rings. The first-order chi connectivity index (χ1) is 8.79. The fourth-order valence-electron chi connectivity index (χ4n) is 1.74. The van der Waals surface area contributed by atoms with E-state index in [-0.39, 0.29) is 23.8 Å². The highest BCUT2D eigenvalue weighted by molar-refractivity contribution is 9.10. The van der Waals surface area contributed by atoms with Crippen LogP contribution in [0.5, 0.6) is 0 Å². The molecule has 0 spiro atoms. The van der Waals surface area contributed by atoms with Crippen LogP contribution < -0.4 is 10.0 Å². The largest absolute Gasteiger partial charge is 0.392 e. The Balaban J connectivity index is 2.36. The van der Waals surface area contributed by atoms with E-state index in [1.807, 2.05) is 0 Å². The number of rotatable bonds is 4. The first-order valence-corrected chi connectivity index (χ1v) is 7.87. The van der Waals surface area contributed by atoms with Gasteiger partial charge in [-0.1, -0.05) is 0 Å². The zero-order valence-electron chi connectivity index (χ0n) is 10.1. The number of fused-ring (bicyclic) bond motifs is 1. The lowest BCUT2D eigenvalue weighted by Gasteiger charge is -2.11. The summed E-state index contributed by atoms with van der Waals surface area (Å²) < 4.78 is 26.8. The molecule has 8 heteroatoms. The van der Waals surface area contributed by atoms with Crippen LogP contribution in [0, 0.1) is 0 Å². The number of hydrogen-bond donors (Lipinski definition) is 3. The maximum absolute atomic E-state index is 12.1. The molecule has 0 bridgehead atoms. The van der Waals surface area contributed by atoms with Crippen molar-refractivity contribution >= 4 is 37.5 Å². The van der Waals surface area contributed by atoms with Gasteiger partial charge >= 0.3 is 0 Å². The molecule has 1 aromatic rings. The molecule has 3 N–H and O–H groups in total. The maximum Gasteiger partial charge on any atom is 0.241 e.